The fourth-order valence-electron chi connectivity index (χ4n) is 2.93. The minimum absolute atomic E-state index is 0.0123. The Labute approximate surface area is 157 Å². The fraction of sp³-hybridized carbons (Fsp3) is 0.211. The monoisotopic (exact) mass is 398 g/mol. The van der Waals surface area contributed by atoms with E-state index in [4.69, 9.17) is 16.0 Å². The van der Waals surface area contributed by atoms with Crippen LogP contribution >= 0.6 is 11.6 Å². The highest BCUT2D eigenvalue weighted by Gasteiger charge is 2.40. The van der Waals surface area contributed by atoms with Gasteiger partial charge in [0.1, 0.15) is 12.3 Å². The van der Waals surface area contributed by atoms with Gasteiger partial charge in [0.25, 0.3) is 0 Å². The predicted molar refractivity (Wildman–Crippen MR) is 96.1 cm³/mol. The molecule has 0 amide bonds. The zero-order valence-corrected chi connectivity index (χ0v) is 15.2. The lowest BCUT2D eigenvalue weighted by Crippen LogP contribution is -3.04. The van der Waals surface area contributed by atoms with Crippen molar-refractivity contribution in [1.29, 1.82) is 0 Å². The number of nitrogens with one attached hydrogen (secondary N) is 1. The summed E-state index contributed by atoms with van der Waals surface area (Å²) in [7, 11) is 3.53. The van der Waals surface area contributed by atoms with Gasteiger partial charge in [0.15, 0.2) is 5.58 Å². The Morgan fingerprint density at radius 3 is 2.48 bits per heavy atom. The smallest absolute Gasteiger partial charge is 0.450 e. The van der Waals surface area contributed by atoms with Crippen molar-refractivity contribution in [3.8, 4) is 16.9 Å². The molecule has 2 aromatic carbocycles. The standard InChI is InChI=1S/C19H15ClF3NO3/c1-24(2)9-13-14(25)7-6-12-16(26)15(10-4-3-5-11(20)8-10)18(19(21,22)23)27-17(12)13/h3-8,25H,9H2,1-2H3/p+1. The number of fused-ring (bicyclic) bond motifs is 1. The van der Waals surface area contributed by atoms with Crippen LogP contribution in [0.15, 0.2) is 45.6 Å². The third-order valence-corrected chi connectivity index (χ3v) is 4.27. The molecule has 27 heavy (non-hydrogen) atoms. The molecular formula is C19H16ClF3NO3+. The number of aromatic hydroxyl groups is 1. The minimum Gasteiger partial charge on any atom is -0.507 e. The van der Waals surface area contributed by atoms with Gasteiger partial charge in [-0.15, -0.1) is 0 Å². The summed E-state index contributed by atoms with van der Waals surface area (Å²) < 4.78 is 46.3. The molecule has 0 radical (unpaired) electrons. The normalized spacial score (nSPS) is 12.1. The van der Waals surface area contributed by atoms with Crippen LogP contribution in [-0.4, -0.2) is 19.2 Å². The first-order valence-corrected chi connectivity index (χ1v) is 8.41. The molecule has 0 saturated heterocycles. The summed E-state index contributed by atoms with van der Waals surface area (Å²) in [6.45, 7) is 0.180. The predicted octanol–water partition coefficient (Wildman–Crippen LogP) is 3.48. The van der Waals surface area contributed by atoms with Gasteiger partial charge in [-0.2, -0.15) is 13.2 Å². The molecule has 2 N–H and O–H groups in total. The number of alkyl halides is 3. The summed E-state index contributed by atoms with van der Waals surface area (Å²) in [6, 6.07) is 8.15. The van der Waals surface area contributed by atoms with E-state index in [0.717, 1.165) is 4.90 Å². The van der Waals surface area contributed by atoms with Gasteiger partial charge in [0.2, 0.25) is 11.2 Å². The lowest BCUT2D eigenvalue weighted by atomic mass is 10.00. The molecule has 0 fully saturated rings. The molecule has 8 heteroatoms. The third kappa shape index (κ3) is 3.65. The number of phenolic OH excluding ortho intramolecular Hbond substituents is 1. The van der Waals surface area contributed by atoms with Crippen LogP contribution in [0, 0.1) is 0 Å². The number of quaternary nitrogens is 1. The van der Waals surface area contributed by atoms with Gasteiger partial charge in [-0.25, -0.2) is 0 Å². The molecule has 0 aliphatic heterocycles. The van der Waals surface area contributed by atoms with Gasteiger partial charge < -0.3 is 14.4 Å². The van der Waals surface area contributed by atoms with E-state index >= 15 is 0 Å². The summed E-state index contributed by atoms with van der Waals surface area (Å²) >= 11 is 5.89. The Morgan fingerprint density at radius 1 is 1.19 bits per heavy atom. The second kappa shape index (κ2) is 6.90. The van der Waals surface area contributed by atoms with Crippen LogP contribution in [0.4, 0.5) is 13.2 Å². The van der Waals surface area contributed by atoms with Crippen LogP contribution in [0.2, 0.25) is 5.02 Å². The number of hydrogen-bond acceptors (Lipinski definition) is 3. The first-order chi connectivity index (χ1) is 12.6. The number of rotatable bonds is 3. The molecule has 1 aromatic heterocycles. The summed E-state index contributed by atoms with van der Waals surface area (Å²) in [5.41, 5.74) is -1.54. The molecule has 142 valence electrons. The van der Waals surface area contributed by atoms with E-state index < -0.39 is 22.9 Å². The highest BCUT2D eigenvalue weighted by molar-refractivity contribution is 6.30. The van der Waals surface area contributed by atoms with Crippen molar-refractivity contribution in [1.82, 2.24) is 0 Å². The number of hydrogen-bond donors (Lipinski definition) is 2. The van der Waals surface area contributed by atoms with Crippen molar-refractivity contribution in [3.05, 3.63) is 63.0 Å². The maximum Gasteiger partial charge on any atom is 0.450 e. The SMILES string of the molecule is C[NH+](C)Cc1c(O)ccc2c(=O)c(-c3cccc(Cl)c3)c(C(F)(F)F)oc12. The van der Waals surface area contributed by atoms with E-state index in [1.165, 1.54) is 36.4 Å². The average molecular weight is 399 g/mol. The molecule has 0 aliphatic rings. The Kier molecular flexibility index (Phi) is 4.92. The van der Waals surface area contributed by atoms with Crippen molar-refractivity contribution in [2.45, 2.75) is 12.7 Å². The Balaban J connectivity index is 2.46. The molecule has 0 atom stereocenters. The van der Waals surface area contributed by atoms with Crippen molar-refractivity contribution in [2.24, 2.45) is 0 Å². The quantitative estimate of drug-likeness (QED) is 0.710. The number of phenols is 1. The summed E-state index contributed by atoms with van der Waals surface area (Å²) in [5.74, 6) is -1.64. The van der Waals surface area contributed by atoms with Crippen molar-refractivity contribution in [3.63, 3.8) is 0 Å². The van der Waals surface area contributed by atoms with Crippen LogP contribution in [0.25, 0.3) is 22.1 Å². The van der Waals surface area contributed by atoms with Gasteiger partial charge >= 0.3 is 6.18 Å². The zero-order valence-electron chi connectivity index (χ0n) is 14.4. The van der Waals surface area contributed by atoms with E-state index in [1.54, 1.807) is 14.1 Å². The average Bonchev–Trinajstić information content (AvgIpc) is 2.56. The van der Waals surface area contributed by atoms with Crippen LogP contribution in [0.3, 0.4) is 0 Å². The number of halogens is 4. The molecule has 0 aliphatic carbocycles. The Bertz CT molecular complexity index is 1070. The van der Waals surface area contributed by atoms with Crippen LogP contribution < -0.4 is 10.3 Å². The van der Waals surface area contributed by atoms with Crippen LogP contribution in [0.5, 0.6) is 5.75 Å². The largest absolute Gasteiger partial charge is 0.507 e. The zero-order chi connectivity index (χ0) is 19.9. The van der Waals surface area contributed by atoms with E-state index in [9.17, 15) is 23.1 Å². The van der Waals surface area contributed by atoms with Crippen molar-refractivity contribution < 1.29 is 27.6 Å². The molecule has 0 unspecified atom stereocenters. The van der Waals surface area contributed by atoms with E-state index in [2.05, 4.69) is 0 Å². The molecule has 3 aromatic rings. The van der Waals surface area contributed by atoms with Crippen LogP contribution in [0.1, 0.15) is 11.3 Å². The second-order valence-electron chi connectivity index (χ2n) is 6.47. The fourth-order valence-corrected chi connectivity index (χ4v) is 3.12. The Hall–Kier alpha value is -2.51. The highest BCUT2D eigenvalue weighted by atomic mass is 35.5. The molecule has 1 heterocycles. The molecule has 0 spiro atoms. The van der Waals surface area contributed by atoms with Crippen molar-refractivity contribution >= 4 is 22.6 Å². The lowest BCUT2D eigenvalue weighted by molar-refractivity contribution is -0.872. The number of benzene rings is 2. The van der Waals surface area contributed by atoms with E-state index in [-0.39, 0.29) is 39.4 Å². The van der Waals surface area contributed by atoms with E-state index in [1.807, 2.05) is 0 Å². The minimum atomic E-state index is -4.90. The molecular weight excluding hydrogens is 383 g/mol. The summed E-state index contributed by atoms with van der Waals surface area (Å²) in [6.07, 6.45) is -4.90. The Morgan fingerprint density at radius 2 is 1.89 bits per heavy atom. The first kappa shape index (κ1) is 19.3. The second-order valence-corrected chi connectivity index (χ2v) is 6.90. The van der Waals surface area contributed by atoms with E-state index in [0.29, 0.717) is 0 Å². The third-order valence-electron chi connectivity index (χ3n) is 4.04. The van der Waals surface area contributed by atoms with Crippen molar-refractivity contribution in [2.75, 3.05) is 14.1 Å². The molecule has 0 bridgehead atoms. The summed E-state index contributed by atoms with van der Waals surface area (Å²) in [4.78, 5) is 13.8. The molecule has 3 rings (SSSR count). The topological polar surface area (TPSA) is 54.9 Å². The van der Waals surface area contributed by atoms with Gasteiger partial charge in [-0.1, -0.05) is 23.7 Å². The molecule has 0 saturated carbocycles. The maximum absolute atomic E-state index is 13.7. The van der Waals surface area contributed by atoms with Gasteiger partial charge in [0.05, 0.1) is 30.6 Å². The summed E-state index contributed by atoms with van der Waals surface area (Å²) in [5, 5.41) is 10.3. The van der Waals surface area contributed by atoms with Gasteiger partial charge in [-0.05, 0) is 29.8 Å². The van der Waals surface area contributed by atoms with Gasteiger partial charge in [0, 0.05) is 5.02 Å². The van der Waals surface area contributed by atoms with Gasteiger partial charge in [-0.3, -0.25) is 4.79 Å². The lowest BCUT2D eigenvalue weighted by Gasteiger charge is -2.16. The maximum atomic E-state index is 13.7. The molecule has 4 nitrogen and oxygen atoms in total. The highest BCUT2D eigenvalue weighted by Crippen LogP contribution is 2.39. The van der Waals surface area contributed by atoms with Crippen LogP contribution in [-0.2, 0) is 12.7 Å². The first-order valence-electron chi connectivity index (χ1n) is 8.03.